The molecule has 1 aromatic carbocycles. The van der Waals surface area contributed by atoms with Crippen LogP contribution < -0.4 is 5.56 Å². The van der Waals surface area contributed by atoms with Gasteiger partial charge in [0.15, 0.2) is 5.65 Å². The Morgan fingerprint density at radius 3 is 2.55 bits per heavy atom. The van der Waals surface area contributed by atoms with Gasteiger partial charge in [0.25, 0.3) is 5.56 Å². The van der Waals surface area contributed by atoms with E-state index in [1.807, 2.05) is 0 Å². The topological polar surface area (TPSA) is 52.7 Å². The van der Waals surface area contributed by atoms with Crippen molar-refractivity contribution in [1.82, 2.24) is 19.3 Å². The molecule has 0 aliphatic carbocycles. The van der Waals surface area contributed by atoms with Gasteiger partial charge in [0.2, 0.25) is 0 Å². The molecule has 0 unspecified atom stereocenters. The molecule has 2 aromatic heterocycles. The van der Waals surface area contributed by atoms with Gasteiger partial charge >= 0.3 is 0 Å². The van der Waals surface area contributed by atoms with Crippen LogP contribution >= 0.6 is 15.9 Å². The average Bonchev–Trinajstić information content (AvgIpc) is 2.77. The van der Waals surface area contributed by atoms with Gasteiger partial charge in [-0.15, -0.1) is 0 Å². The third kappa shape index (κ3) is 2.59. The van der Waals surface area contributed by atoms with Crippen molar-refractivity contribution in [2.75, 3.05) is 0 Å². The molecule has 0 saturated heterocycles. The zero-order valence-corrected chi connectivity index (χ0v) is 14.3. The third-order valence-electron chi connectivity index (χ3n) is 3.77. The van der Waals surface area contributed by atoms with Crippen molar-refractivity contribution in [2.45, 2.75) is 26.3 Å². The summed E-state index contributed by atoms with van der Waals surface area (Å²) in [5, 5.41) is 4.71. The smallest absolute Gasteiger partial charge is 0.265 e. The largest absolute Gasteiger partial charge is 0.294 e. The molecule has 6 heteroatoms. The van der Waals surface area contributed by atoms with Gasteiger partial charge in [-0.1, -0.05) is 38.1 Å². The van der Waals surface area contributed by atoms with Gasteiger partial charge in [-0.05, 0) is 33.0 Å². The van der Waals surface area contributed by atoms with E-state index in [0.29, 0.717) is 28.1 Å². The molecular weight excluding hydrogens is 344 g/mol. The van der Waals surface area contributed by atoms with Crippen molar-refractivity contribution >= 4 is 27.0 Å². The summed E-state index contributed by atoms with van der Waals surface area (Å²) in [5.74, 6) is 0.501. The summed E-state index contributed by atoms with van der Waals surface area (Å²) in [5.41, 5.74) is 2.87. The van der Waals surface area contributed by atoms with Crippen molar-refractivity contribution in [3.8, 4) is 0 Å². The average molecular weight is 361 g/mol. The molecule has 0 fully saturated rings. The second kappa shape index (κ2) is 5.68. The van der Waals surface area contributed by atoms with Gasteiger partial charge < -0.3 is 0 Å². The van der Waals surface area contributed by atoms with Crippen molar-refractivity contribution in [2.24, 2.45) is 7.05 Å². The first-order valence-corrected chi connectivity index (χ1v) is 7.93. The minimum Gasteiger partial charge on any atom is -0.294 e. The Labute approximate surface area is 136 Å². The van der Waals surface area contributed by atoms with Crippen LogP contribution in [0.4, 0.5) is 0 Å². The fraction of sp³-hybridized carbons (Fsp3) is 0.312. The number of benzene rings is 1. The Morgan fingerprint density at radius 1 is 1.23 bits per heavy atom. The van der Waals surface area contributed by atoms with Crippen LogP contribution in [0.1, 0.15) is 30.9 Å². The van der Waals surface area contributed by atoms with E-state index in [9.17, 15) is 4.79 Å². The Kier molecular flexibility index (Phi) is 3.87. The van der Waals surface area contributed by atoms with Crippen LogP contribution in [0.2, 0.25) is 0 Å². The molecule has 0 radical (unpaired) electrons. The monoisotopic (exact) mass is 360 g/mol. The fourth-order valence-electron chi connectivity index (χ4n) is 2.45. The second-order valence-corrected chi connectivity index (χ2v) is 6.44. The molecular formula is C16H17BrN4O. The van der Waals surface area contributed by atoms with Gasteiger partial charge in [0.1, 0.15) is 16.3 Å². The number of halogens is 1. The lowest BCUT2D eigenvalue weighted by Gasteiger charge is -2.08. The molecule has 114 valence electrons. The predicted octanol–water partition coefficient (Wildman–Crippen LogP) is 3.06. The van der Waals surface area contributed by atoms with E-state index in [0.717, 1.165) is 5.56 Å². The molecule has 3 aromatic rings. The van der Waals surface area contributed by atoms with Gasteiger partial charge in [-0.25, -0.2) is 9.67 Å². The fourth-order valence-corrected chi connectivity index (χ4v) is 3.04. The summed E-state index contributed by atoms with van der Waals surface area (Å²) < 4.78 is 3.74. The molecule has 0 N–H and O–H groups in total. The highest BCUT2D eigenvalue weighted by molar-refractivity contribution is 9.10. The van der Waals surface area contributed by atoms with Crippen LogP contribution in [-0.2, 0) is 13.6 Å². The third-order valence-corrected chi connectivity index (χ3v) is 4.32. The number of hydrogen-bond acceptors (Lipinski definition) is 3. The number of nitrogens with zero attached hydrogens (tertiary/aromatic N) is 4. The summed E-state index contributed by atoms with van der Waals surface area (Å²) in [6.07, 6.45) is 1.58. The summed E-state index contributed by atoms with van der Waals surface area (Å²) in [4.78, 5) is 16.9. The molecule has 0 bridgehead atoms. The highest BCUT2D eigenvalue weighted by Crippen LogP contribution is 2.18. The summed E-state index contributed by atoms with van der Waals surface area (Å²) >= 11 is 3.33. The van der Waals surface area contributed by atoms with Crippen molar-refractivity contribution < 1.29 is 0 Å². The number of fused-ring (bicyclic) bond motifs is 1. The lowest BCUT2D eigenvalue weighted by atomic mass is 10.0. The van der Waals surface area contributed by atoms with E-state index in [1.54, 1.807) is 22.6 Å². The van der Waals surface area contributed by atoms with Crippen LogP contribution in [0.25, 0.3) is 11.0 Å². The van der Waals surface area contributed by atoms with E-state index >= 15 is 0 Å². The van der Waals surface area contributed by atoms with Crippen LogP contribution in [0, 0.1) is 0 Å². The standard InChI is InChI=1S/C16H17BrN4O/c1-10(2)12-6-4-11(5-7-12)8-21-9-18-15-13(16(21)22)14(17)19-20(15)3/h4-7,9-10H,8H2,1-3H3. The first kappa shape index (κ1) is 15.0. The zero-order valence-electron chi connectivity index (χ0n) is 12.7. The molecule has 3 rings (SSSR count). The maximum absolute atomic E-state index is 12.6. The lowest BCUT2D eigenvalue weighted by Crippen LogP contribution is -2.21. The predicted molar refractivity (Wildman–Crippen MR) is 90.1 cm³/mol. The number of hydrogen-bond donors (Lipinski definition) is 0. The molecule has 0 saturated carbocycles. The molecule has 5 nitrogen and oxygen atoms in total. The Bertz CT molecular complexity index is 878. The Balaban J connectivity index is 1.99. The molecule has 0 aliphatic rings. The normalized spacial score (nSPS) is 11.5. The van der Waals surface area contributed by atoms with Crippen LogP contribution in [0.15, 0.2) is 40.0 Å². The SMILES string of the molecule is CC(C)c1ccc(Cn2cnc3c(c(Br)nn3C)c2=O)cc1. The van der Waals surface area contributed by atoms with Gasteiger partial charge in [-0.3, -0.25) is 9.36 Å². The highest BCUT2D eigenvalue weighted by Gasteiger charge is 2.13. The minimum atomic E-state index is -0.0853. The first-order chi connectivity index (χ1) is 10.5. The second-order valence-electron chi connectivity index (χ2n) is 5.69. The van der Waals surface area contributed by atoms with E-state index in [-0.39, 0.29) is 5.56 Å². The minimum absolute atomic E-state index is 0.0853. The van der Waals surface area contributed by atoms with E-state index < -0.39 is 0 Å². The van der Waals surface area contributed by atoms with Gasteiger partial charge in [0.05, 0.1) is 6.54 Å². The van der Waals surface area contributed by atoms with Gasteiger partial charge in [-0.2, -0.15) is 5.10 Å². The van der Waals surface area contributed by atoms with Gasteiger partial charge in [0, 0.05) is 7.05 Å². The summed E-state index contributed by atoms with van der Waals surface area (Å²) in [6, 6.07) is 8.34. The van der Waals surface area contributed by atoms with Crippen molar-refractivity contribution in [1.29, 1.82) is 0 Å². The van der Waals surface area contributed by atoms with E-state index in [2.05, 4.69) is 64.1 Å². The van der Waals surface area contributed by atoms with Crippen molar-refractivity contribution in [3.05, 3.63) is 56.7 Å². The summed E-state index contributed by atoms with van der Waals surface area (Å²) in [7, 11) is 1.77. The van der Waals surface area contributed by atoms with Crippen LogP contribution in [-0.4, -0.2) is 19.3 Å². The Hall–Kier alpha value is -1.95. The Morgan fingerprint density at radius 2 is 1.91 bits per heavy atom. The molecule has 0 aliphatic heterocycles. The molecule has 2 heterocycles. The zero-order chi connectivity index (χ0) is 15.9. The highest BCUT2D eigenvalue weighted by atomic mass is 79.9. The maximum Gasteiger partial charge on any atom is 0.265 e. The number of rotatable bonds is 3. The van der Waals surface area contributed by atoms with Crippen LogP contribution in [0.5, 0.6) is 0 Å². The molecule has 0 spiro atoms. The maximum atomic E-state index is 12.6. The molecule has 22 heavy (non-hydrogen) atoms. The first-order valence-electron chi connectivity index (χ1n) is 7.14. The number of aryl methyl sites for hydroxylation is 1. The van der Waals surface area contributed by atoms with Crippen LogP contribution in [0.3, 0.4) is 0 Å². The van der Waals surface area contributed by atoms with E-state index in [1.165, 1.54) is 5.56 Å². The lowest BCUT2D eigenvalue weighted by molar-refractivity contribution is 0.736. The molecule has 0 atom stereocenters. The number of aromatic nitrogens is 4. The van der Waals surface area contributed by atoms with E-state index in [4.69, 9.17) is 0 Å². The quantitative estimate of drug-likeness (QED) is 0.721. The molecule has 0 amide bonds. The summed E-state index contributed by atoms with van der Waals surface area (Å²) in [6.45, 7) is 4.83. The van der Waals surface area contributed by atoms with Crippen molar-refractivity contribution in [3.63, 3.8) is 0 Å².